The summed E-state index contributed by atoms with van der Waals surface area (Å²) in [6.45, 7) is 9.36. The molecule has 2 heterocycles. The summed E-state index contributed by atoms with van der Waals surface area (Å²) < 4.78 is 12.0. The number of carbonyl (C=O) groups excluding carboxylic acids is 2. The van der Waals surface area contributed by atoms with Crippen LogP contribution in [0, 0.1) is 26.2 Å². The average Bonchev–Trinajstić information content (AvgIpc) is 3.26. The van der Waals surface area contributed by atoms with Gasteiger partial charge in [0.2, 0.25) is 11.7 Å². The molecule has 1 aliphatic heterocycles. The lowest BCUT2D eigenvalue weighted by molar-refractivity contribution is -0.136. The number of aliphatic hydroxyl groups excluding tert-OH is 1. The third kappa shape index (κ3) is 6.08. The van der Waals surface area contributed by atoms with Gasteiger partial charge in [0.25, 0.3) is 5.91 Å². The Bertz CT molecular complexity index is 1780. The molecule has 0 saturated heterocycles. The van der Waals surface area contributed by atoms with Gasteiger partial charge in [-0.15, -0.1) is 0 Å². The molecule has 2 atom stereocenters. The van der Waals surface area contributed by atoms with Crippen molar-refractivity contribution >= 4 is 51.7 Å². The van der Waals surface area contributed by atoms with Crippen molar-refractivity contribution in [1.82, 2.24) is 0 Å². The van der Waals surface area contributed by atoms with Crippen molar-refractivity contribution in [3.8, 4) is 0 Å². The number of amides is 2. The molecule has 9 nitrogen and oxygen atoms in total. The van der Waals surface area contributed by atoms with E-state index in [9.17, 15) is 24.6 Å². The van der Waals surface area contributed by atoms with Crippen LogP contribution < -0.4 is 10.2 Å². The Morgan fingerprint density at radius 3 is 2.48 bits per heavy atom. The number of anilines is 2. The fourth-order valence-corrected chi connectivity index (χ4v) is 5.71. The quantitative estimate of drug-likeness (QED) is 0.203. The number of nitrogens with one attached hydrogen (secondary N) is 1. The second-order valence-electron chi connectivity index (χ2n) is 12.1. The van der Waals surface area contributed by atoms with Crippen LogP contribution in [0.15, 0.2) is 59.0 Å². The van der Waals surface area contributed by atoms with Gasteiger partial charge in [0.05, 0.1) is 6.42 Å². The predicted molar refractivity (Wildman–Crippen MR) is 168 cm³/mol. The summed E-state index contributed by atoms with van der Waals surface area (Å²) in [5.41, 5.74) is 4.79. The zero-order valence-electron chi connectivity index (χ0n) is 25.2. The highest BCUT2D eigenvalue weighted by Crippen LogP contribution is 2.42. The zero-order valence-corrected chi connectivity index (χ0v) is 26.0. The van der Waals surface area contributed by atoms with E-state index in [-0.39, 0.29) is 25.3 Å². The molecule has 3 N–H and O–H groups in total. The number of nitrogens with zero attached hydrogens (tertiary/aromatic N) is 1. The highest BCUT2D eigenvalue weighted by Gasteiger charge is 2.40. The maximum absolute atomic E-state index is 14.2. The summed E-state index contributed by atoms with van der Waals surface area (Å²) in [5.74, 6) is -2.22. The molecule has 1 aromatic heterocycles. The van der Waals surface area contributed by atoms with Gasteiger partial charge in [-0.3, -0.25) is 9.59 Å². The predicted octanol–water partition coefficient (Wildman–Crippen LogP) is 6.58. The standard InChI is InChI=1S/C34H35ClN2O7/c1-18-7-6-8-23(19(18)2)31-25-13-21(35)9-11-26(25)37(16-34(4,5)17-38)32(40)28(44-31)15-29(39)36-22-10-12-27-24(14-22)20(3)30(43-27)33(41)42/h6-14,28,31,38H,15-17H2,1-5H3,(H,36,39)(H,41,42)/t28-,31-/m1/s1. The smallest absolute Gasteiger partial charge is 0.372 e. The molecule has 2 amide bonds. The number of furan rings is 1. The maximum atomic E-state index is 14.2. The second-order valence-corrected chi connectivity index (χ2v) is 12.5. The van der Waals surface area contributed by atoms with Crippen LogP contribution in [0.25, 0.3) is 11.0 Å². The van der Waals surface area contributed by atoms with E-state index in [1.165, 1.54) is 0 Å². The van der Waals surface area contributed by atoms with Gasteiger partial charge in [-0.05, 0) is 73.9 Å². The Balaban J connectivity index is 1.53. The summed E-state index contributed by atoms with van der Waals surface area (Å²) in [6, 6.07) is 16.0. The summed E-state index contributed by atoms with van der Waals surface area (Å²) in [6.07, 6.45) is -2.16. The Morgan fingerprint density at radius 1 is 1.02 bits per heavy atom. The van der Waals surface area contributed by atoms with E-state index in [1.807, 2.05) is 45.9 Å². The fraction of sp³-hybridized carbons (Fsp3) is 0.324. The van der Waals surface area contributed by atoms with Crippen molar-refractivity contribution in [2.75, 3.05) is 23.4 Å². The van der Waals surface area contributed by atoms with Crippen LogP contribution in [0.3, 0.4) is 0 Å². The molecule has 0 unspecified atom stereocenters. The van der Waals surface area contributed by atoms with E-state index in [1.54, 1.807) is 48.2 Å². The molecule has 5 rings (SSSR count). The van der Waals surface area contributed by atoms with Crippen molar-refractivity contribution < 1.29 is 33.8 Å². The van der Waals surface area contributed by atoms with Crippen LogP contribution in [0.4, 0.5) is 11.4 Å². The van der Waals surface area contributed by atoms with Crippen LogP contribution in [-0.4, -0.2) is 47.3 Å². The first kappa shape index (κ1) is 31.3. The third-order valence-corrected chi connectivity index (χ3v) is 8.37. The van der Waals surface area contributed by atoms with Gasteiger partial charge < -0.3 is 29.6 Å². The summed E-state index contributed by atoms with van der Waals surface area (Å²) in [4.78, 5) is 40.8. The summed E-state index contributed by atoms with van der Waals surface area (Å²) in [5, 5.41) is 23.3. The molecule has 4 aromatic rings. The maximum Gasteiger partial charge on any atom is 0.372 e. The first-order valence-electron chi connectivity index (χ1n) is 14.3. The zero-order chi connectivity index (χ0) is 31.9. The number of rotatable bonds is 8. The van der Waals surface area contributed by atoms with Gasteiger partial charge in [-0.25, -0.2) is 4.79 Å². The van der Waals surface area contributed by atoms with Crippen LogP contribution in [0.1, 0.15) is 64.7 Å². The Hall–Kier alpha value is -4.18. The van der Waals surface area contributed by atoms with E-state index in [0.717, 1.165) is 16.7 Å². The normalized spacial score (nSPS) is 17.0. The highest BCUT2D eigenvalue weighted by molar-refractivity contribution is 6.30. The molecular weight excluding hydrogens is 584 g/mol. The first-order valence-corrected chi connectivity index (χ1v) is 14.7. The van der Waals surface area contributed by atoms with Crippen LogP contribution >= 0.6 is 11.6 Å². The molecule has 1 aliphatic rings. The number of aryl methyl sites for hydroxylation is 2. The number of carboxylic acid groups (broad SMARTS) is 1. The SMILES string of the molecule is Cc1cccc([C@H]2O[C@H](CC(=O)Nc3ccc4oc(C(=O)O)c(C)c4c3)C(=O)N(CC(C)(C)CO)c3ccc(Cl)cc32)c1C. The molecule has 3 aromatic carbocycles. The Kier molecular flexibility index (Phi) is 8.57. The first-order chi connectivity index (χ1) is 20.8. The van der Waals surface area contributed by atoms with Crippen molar-refractivity contribution in [1.29, 1.82) is 0 Å². The lowest BCUT2D eigenvalue weighted by atomic mass is 9.91. The van der Waals surface area contributed by atoms with Gasteiger partial charge in [0, 0.05) is 51.5 Å². The number of benzene rings is 3. The van der Waals surface area contributed by atoms with Crippen LogP contribution in [-0.2, 0) is 14.3 Å². The number of hydrogen-bond donors (Lipinski definition) is 3. The van der Waals surface area contributed by atoms with E-state index in [0.29, 0.717) is 38.5 Å². The second kappa shape index (κ2) is 12.1. The molecular formula is C34H35ClN2O7. The molecule has 44 heavy (non-hydrogen) atoms. The van der Waals surface area contributed by atoms with E-state index >= 15 is 0 Å². The molecule has 10 heteroatoms. The van der Waals surface area contributed by atoms with E-state index in [4.69, 9.17) is 20.8 Å². The molecule has 0 radical (unpaired) electrons. The van der Waals surface area contributed by atoms with Gasteiger partial charge in [-0.2, -0.15) is 0 Å². The fourth-order valence-electron chi connectivity index (χ4n) is 5.53. The van der Waals surface area contributed by atoms with Crippen LogP contribution in [0.5, 0.6) is 0 Å². The van der Waals surface area contributed by atoms with Crippen molar-refractivity contribution in [3.63, 3.8) is 0 Å². The van der Waals surface area contributed by atoms with Crippen molar-refractivity contribution in [3.05, 3.63) is 93.2 Å². The van der Waals surface area contributed by atoms with Gasteiger partial charge >= 0.3 is 5.97 Å². The van der Waals surface area contributed by atoms with Gasteiger partial charge in [0.1, 0.15) is 17.8 Å². The molecule has 0 fully saturated rings. The average molecular weight is 619 g/mol. The molecule has 230 valence electrons. The third-order valence-electron chi connectivity index (χ3n) is 8.13. The molecule has 0 saturated carbocycles. The minimum Gasteiger partial charge on any atom is -0.475 e. The number of carboxylic acids is 1. The molecule has 0 bridgehead atoms. The summed E-state index contributed by atoms with van der Waals surface area (Å²) in [7, 11) is 0. The number of aromatic carboxylic acids is 1. The largest absolute Gasteiger partial charge is 0.475 e. The molecule has 0 aliphatic carbocycles. The van der Waals surface area contributed by atoms with Crippen molar-refractivity contribution in [2.45, 2.75) is 53.2 Å². The minimum absolute atomic E-state index is 0.161. The number of aliphatic hydroxyl groups is 1. The lowest BCUT2D eigenvalue weighted by Crippen LogP contribution is -2.46. The monoisotopic (exact) mass is 618 g/mol. The molecule has 0 spiro atoms. The van der Waals surface area contributed by atoms with Crippen molar-refractivity contribution in [2.24, 2.45) is 5.41 Å². The number of halogens is 1. The highest BCUT2D eigenvalue weighted by atomic mass is 35.5. The van der Waals surface area contributed by atoms with E-state index in [2.05, 4.69) is 5.32 Å². The number of carbonyl (C=O) groups is 3. The van der Waals surface area contributed by atoms with Gasteiger partial charge in [0.15, 0.2) is 0 Å². The number of ether oxygens (including phenoxy) is 1. The lowest BCUT2D eigenvalue weighted by Gasteiger charge is -2.32. The van der Waals surface area contributed by atoms with E-state index < -0.39 is 35.4 Å². The Labute approximate surface area is 260 Å². The number of hydrogen-bond acceptors (Lipinski definition) is 6. The van der Waals surface area contributed by atoms with Crippen LogP contribution in [0.2, 0.25) is 5.02 Å². The topological polar surface area (TPSA) is 129 Å². The Morgan fingerprint density at radius 2 is 1.77 bits per heavy atom. The number of fused-ring (bicyclic) bond motifs is 2. The summed E-state index contributed by atoms with van der Waals surface area (Å²) >= 11 is 6.48. The van der Waals surface area contributed by atoms with Gasteiger partial charge in [-0.1, -0.05) is 43.6 Å². The minimum atomic E-state index is -1.18.